The van der Waals surface area contributed by atoms with Gasteiger partial charge in [0.2, 0.25) is 5.89 Å². The van der Waals surface area contributed by atoms with E-state index in [0.717, 1.165) is 24.1 Å². The molecule has 0 unspecified atom stereocenters. The first-order valence-electron chi connectivity index (χ1n) is 13.4. The fourth-order valence-corrected chi connectivity index (χ4v) is 8.69. The second-order valence-corrected chi connectivity index (χ2v) is 14.2. The van der Waals surface area contributed by atoms with Gasteiger partial charge in [-0.15, -0.1) is 5.10 Å². The zero-order valence-electron chi connectivity index (χ0n) is 22.2. The summed E-state index contributed by atoms with van der Waals surface area (Å²) in [5, 5.41) is 7.77. The lowest BCUT2D eigenvalue weighted by molar-refractivity contribution is 0.242. The molecule has 2 saturated carbocycles. The minimum absolute atomic E-state index is 0.0823. The molecule has 2 bridgehead atoms. The van der Waals surface area contributed by atoms with Gasteiger partial charge in [0.1, 0.15) is 28.8 Å². The summed E-state index contributed by atoms with van der Waals surface area (Å²) < 4.78 is 60.3. The van der Waals surface area contributed by atoms with Gasteiger partial charge < -0.3 is 4.42 Å². The van der Waals surface area contributed by atoms with Crippen LogP contribution in [-0.2, 0) is 15.3 Å². The summed E-state index contributed by atoms with van der Waals surface area (Å²) in [4.78, 5) is 13.9. The molecule has 1 aromatic carbocycles. The van der Waals surface area contributed by atoms with E-state index in [-0.39, 0.29) is 33.7 Å². The van der Waals surface area contributed by atoms with Crippen molar-refractivity contribution < 1.29 is 21.6 Å². The average molecular weight is 564 g/mol. The standard InChI is InChI=1S/C29H27F2N5O3S/c1-15(40(37,38)16-7-8-16)23-14-39-27(34-23)22-12-32-13-24(33-22)29-10-9-18(28(29,2)3)17-11-21(35-36-26(17)29)25-19(30)5-4-6-20(25)31/h4-6,11-16,18H,7-10H2,1-3H3/t15-,18-,29-/m0/s1. The molecule has 3 heterocycles. The molecule has 0 saturated heterocycles. The van der Waals surface area contributed by atoms with E-state index >= 15 is 0 Å². The molecule has 0 amide bonds. The van der Waals surface area contributed by atoms with E-state index in [9.17, 15) is 17.2 Å². The largest absolute Gasteiger partial charge is 0.443 e. The maximum atomic E-state index is 14.6. The lowest BCUT2D eigenvalue weighted by Crippen LogP contribution is -2.38. The molecule has 0 spiro atoms. The molecule has 2 fully saturated rings. The van der Waals surface area contributed by atoms with E-state index in [1.54, 1.807) is 25.4 Å². The van der Waals surface area contributed by atoms with Crippen molar-refractivity contribution in [3.63, 3.8) is 0 Å². The highest BCUT2D eigenvalue weighted by Gasteiger charge is 2.65. The molecule has 3 aliphatic rings. The number of rotatable bonds is 6. The highest BCUT2D eigenvalue weighted by molar-refractivity contribution is 7.92. The molecule has 3 aliphatic carbocycles. The van der Waals surface area contributed by atoms with Crippen LogP contribution in [0.15, 0.2) is 47.3 Å². The SMILES string of the molecule is C[C@@H](c1coc(-c2cncc([C@@]34CC[C@@H](c5cc(-c6c(F)cccc6F)nnc53)C4(C)C)n2)n1)S(=O)(=O)C1CC1. The Morgan fingerprint density at radius 1 is 1.02 bits per heavy atom. The smallest absolute Gasteiger partial charge is 0.246 e. The van der Waals surface area contributed by atoms with Crippen LogP contribution < -0.4 is 0 Å². The van der Waals surface area contributed by atoms with Crippen LogP contribution in [0.2, 0.25) is 0 Å². The zero-order valence-corrected chi connectivity index (χ0v) is 23.0. The summed E-state index contributed by atoms with van der Waals surface area (Å²) in [6.45, 7) is 5.93. The minimum atomic E-state index is -3.32. The first-order valence-corrected chi connectivity index (χ1v) is 15.0. The number of hydrogen-bond donors (Lipinski definition) is 0. The Morgan fingerprint density at radius 2 is 1.77 bits per heavy atom. The average Bonchev–Trinajstić information content (AvgIpc) is 3.58. The summed E-state index contributed by atoms with van der Waals surface area (Å²) in [6.07, 6.45) is 7.60. The molecule has 3 atom stereocenters. The van der Waals surface area contributed by atoms with E-state index in [0.29, 0.717) is 29.9 Å². The van der Waals surface area contributed by atoms with Crippen molar-refractivity contribution in [3.8, 4) is 22.8 Å². The van der Waals surface area contributed by atoms with Gasteiger partial charge in [0, 0.05) is 6.20 Å². The van der Waals surface area contributed by atoms with Crippen molar-refractivity contribution in [1.29, 1.82) is 0 Å². The van der Waals surface area contributed by atoms with Gasteiger partial charge in [-0.05, 0) is 67.7 Å². The lowest BCUT2D eigenvalue weighted by Gasteiger charge is -2.37. The van der Waals surface area contributed by atoms with Crippen molar-refractivity contribution in [1.82, 2.24) is 25.1 Å². The Labute approximate surface area is 230 Å². The van der Waals surface area contributed by atoms with Crippen LogP contribution in [0.25, 0.3) is 22.8 Å². The fraction of sp³-hybridized carbons (Fsp3) is 0.414. The number of nitrogens with zero attached hydrogens (tertiary/aromatic N) is 5. The monoisotopic (exact) mass is 563 g/mol. The normalized spacial score (nSPS) is 23.8. The third kappa shape index (κ3) is 3.39. The van der Waals surface area contributed by atoms with Gasteiger partial charge in [0.25, 0.3) is 0 Å². The van der Waals surface area contributed by atoms with E-state index in [2.05, 4.69) is 34.0 Å². The molecule has 11 heteroatoms. The predicted octanol–water partition coefficient (Wildman–Crippen LogP) is 5.71. The topological polar surface area (TPSA) is 112 Å². The van der Waals surface area contributed by atoms with Crippen LogP contribution in [0.4, 0.5) is 8.78 Å². The Morgan fingerprint density at radius 3 is 2.50 bits per heavy atom. The Bertz CT molecular complexity index is 1770. The van der Waals surface area contributed by atoms with Crippen molar-refractivity contribution in [2.75, 3.05) is 0 Å². The Balaban J connectivity index is 1.29. The van der Waals surface area contributed by atoms with Gasteiger partial charge in [0.15, 0.2) is 9.84 Å². The molecular formula is C29H27F2N5O3S. The quantitative estimate of drug-likeness (QED) is 0.293. The van der Waals surface area contributed by atoms with Crippen LogP contribution in [0, 0.1) is 17.0 Å². The maximum absolute atomic E-state index is 14.6. The number of fused-ring (bicyclic) bond motifs is 5. The van der Waals surface area contributed by atoms with E-state index in [1.807, 2.05) is 0 Å². The summed E-state index contributed by atoms with van der Waals surface area (Å²) in [6, 6.07) is 5.51. The van der Waals surface area contributed by atoms with E-state index in [1.165, 1.54) is 24.5 Å². The van der Waals surface area contributed by atoms with Crippen LogP contribution in [0.5, 0.6) is 0 Å². The Kier molecular flexibility index (Phi) is 5.36. The third-order valence-corrected chi connectivity index (χ3v) is 11.9. The van der Waals surface area contributed by atoms with Gasteiger partial charge in [-0.3, -0.25) is 4.98 Å². The first-order chi connectivity index (χ1) is 19.1. The van der Waals surface area contributed by atoms with Gasteiger partial charge in [-0.1, -0.05) is 19.9 Å². The van der Waals surface area contributed by atoms with Crippen molar-refractivity contribution in [3.05, 3.63) is 77.2 Å². The zero-order chi connectivity index (χ0) is 28.0. The molecule has 0 N–H and O–H groups in total. The molecule has 0 radical (unpaired) electrons. The van der Waals surface area contributed by atoms with Crippen LogP contribution >= 0.6 is 0 Å². The number of benzene rings is 1. The Hall–Kier alpha value is -3.60. The molecule has 0 aliphatic heterocycles. The van der Waals surface area contributed by atoms with Crippen molar-refractivity contribution in [2.24, 2.45) is 5.41 Å². The predicted molar refractivity (Wildman–Crippen MR) is 142 cm³/mol. The molecule has 40 heavy (non-hydrogen) atoms. The van der Waals surface area contributed by atoms with Crippen LogP contribution in [0.3, 0.4) is 0 Å². The van der Waals surface area contributed by atoms with E-state index in [4.69, 9.17) is 9.40 Å². The molecule has 3 aromatic heterocycles. The highest BCUT2D eigenvalue weighted by atomic mass is 32.2. The summed E-state index contributed by atoms with van der Waals surface area (Å²) in [5.74, 6) is -1.09. The summed E-state index contributed by atoms with van der Waals surface area (Å²) in [7, 11) is -3.32. The number of aromatic nitrogens is 5. The number of oxazole rings is 1. The molecule has 206 valence electrons. The minimum Gasteiger partial charge on any atom is -0.443 e. The van der Waals surface area contributed by atoms with Gasteiger partial charge in [-0.2, -0.15) is 5.10 Å². The van der Waals surface area contributed by atoms with Gasteiger partial charge in [-0.25, -0.2) is 27.2 Å². The molecule has 8 nitrogen and oxygen atoms in total. The number of halogens is 2. The highest BCUT2D eigenvalue weighted by Crippen LogP contribution is 2.69. The van der Waals surface area contributed by atoms with Crippen molar-refractivity contribution in [2.45, 2.75) is 68.3 Å². The summed E-state index contributed by atoms with van der Waals surface area (Å²) in [5.41, 5.74) is 2.06. The second kappa shape index (κ2) is 8.45. The number of sulfone groups is 1. The lowest BCUT2D eigenvalue weighted by atomic mass is 9.66. The van der Waals surface area contributed by atoms with Gasteiger partial charge >= 0.3 is 0 Å². The molecule has 7 rings (SSSR count). The van der Waals surface area contributed by atoms with Crippen LogP contribution in [0.1, 0.15) is 80.3 Å². The fourth-order valence-electron chi connectivity index (χ4n) is 6.88. The first kappa shape index (κ1) is 25.4. The second-order valence-electron chi connectivity index (χ2n) is 11.6. The summed E-state index contributed by atoms with van der Waals surface area (Å²) >= 11 is 0. The number of hydrogen-bond acceptors (Lipinski definition) is 8. The molecule has 4 aromatic rings. The van der Waals surface area contributed by atoms with Gasteiger partial charge in [0.05, 0.1) is 45.2 Å². The van der Waals surface area contributed by atoms with Crippen LogP contribution in [-0.4, -0.2) is 38.8 Å². The maximum Gasteiger partial charge on any atom is 0.246 e. The van der Waals surface area contributed by atoms with E-state index < -0.39 is 32.1 Å². The molecular weight excluding hydrogens is 536 g/mol. The third-order valence-electron chi connectivity index (χ3n) is 9.31. The van der Waals surface area contributed by atoms with Crippen molar-refractivity contribution >= 4 is 9.84 Å².